The van der Waals surface area contributed by atoms with Gasteiger partial charge in [0.2, 0.25) is 65.0 Å². The fourth-order valence-corrected chi connectivity index (χ4v) is 11.4. The average molecular weight is 1420 g/mol. The second kappa shape index (κ2) is 41.6. The molecule has 550 valence electrons. The average Bonchev–Trinajstić information content (AvgIpc) is 1.37. The third kappa shape index (κ3) is 27.2. The molecule has 0 spiro atoms. The fourth-order valence-electron chi connectivity index (χ4n) is 10.5. The number of ketones is 1. The quantitative estimate of drug-likeness (QED) is 0.0359. The molecule has 1 aliphatic rings. The van der Waals surface area contributed by atoms with E-state index in [1.54, 1.807) is 78.8 Å². The molecule has 3 aromatic rings. The summed E-state index contributed by atoms with van der Waals surface area (Å²) < 4.78 is 0. The second-order valence-electron chi connectivity index (χ2n) is 25.4. The number of primary amides is 1. The van der Waals surface area contributed by atoms with E-state index in [0.717, 1.165) is 11.3 Å². The van der Waals surface area contributed by atoms with Gasteiger partial charge in [0.15, 0.2) is 10.8 Å². The van der Waals surface area contributed by atoms with Crippen LogP contribution >= 0.6 is 11.3 Å². The topological polar surface area (TPSA) is 522 Å². The molecule has 34 heteroatoms. The number of hydrogen-bond donors (Lipinski definition) is 16. The Hall–Kier alpha value is -9.73. The van der Waals surface area contributed by atoms with Crippen LogP contribution in [0.2, 0.25) is 0 Å². The highest BCUT2D eigenvalue weighted by atomic mass is 32.1. The number of rotatable bonds is 31. The van der Waals surface area contributed by atoms with Gasteiger partial charge in [-0.2, -0.15) is 0 Å². The van der Waals surface area contributed by atoms with Crippen molar-refractivity contribution in [1.29, 1.82) is 0 Å². The van der Waals surface area contributed by atoms with Crippen LogP contribution in [0.25, 0.3) is 0 Å². The highest BCUT2D eigenvalue weighted by molar-refractivity contribution is 7.12. The summed E-state index contributed by atoms with van der Waals surface area (Å²) >= 11 is 0.961. The van der Waals surface area contributed by atoms with E-state index in [1.165, 1.54) is 17.9 Å². The molecule has 13 atom stereocenters. The van der Waals surface area contributed by atoms with Gasteiger partial charge in [0.25, 0.3) is 5.91 Å². The minimum atomic E-state index is -1.95. The van der Waals surface area contributed by atoms with Gasteiger partial charge in [0, 0.05) is 49.0 Å². The number of aromatic nitrogens is 3. The van der Waals surface area contributed by atoms with Crippen LogP contribution in [0.1, 0.15) is 170 Å². The second-order valence-corrected chi connectivity index (χ2v) is 26.3. The number of amides is 12. The number of Topliss-reactive ketones (excluding diaryl/α,β-unsaturated/α-hetero) is 1. The summed E-state index contributed by atoms with van der Waals surface area (Å²) in [6.45, 7) is 13.5. The van der Waals surface area contributed by atoms with Crippen molar-refractivity contribution in [2.24, 2.45) is 35.1 Å². The van der Waals surface area contributed by atoms with Crippen LogP contribution in [0.15, 0.2) is 48.2 Å². The van der Waals surface area contributed by atoms with E-state index in [0.29, 0.717) is 12.0 Å². The fraction of sp³-hybridized carbons (Fsp3) is 0.591. The van der Waals surface area contributed by atoms with Crippen LogP contribution in [0, 0.1) is 23.7 Å². The normalized spacial score (nSPS) is 21.3. The molecule has 12 amide bonds. The molecule has 33 nitrogen and oxygen atoms in total. The van der Waals surface area contributed by atoms with Crippen molar-refractivity contribution in [1.82, 2.24) is 73.4 Å². The van der Waals surface area contributed by atoms with Crippen molar-refractivity contribution in [3.8, 4) is 0 Å². The Bertz CT molecular complexity index is 3310. The van der Waals surface area contributed by atoms with E-state index >= 15 is 0 Å². The number of hydrogen-bond acceptors (Lipinski definition) is 19. The SMILES string of the molecule is CC[C@H](C)C(=O)c1nc(C(=O)N[C@@H](CC(C)C)C(=O)N[C@H](CCC(=O)O)C(=O)N[C@H](C(=O)NC2CCCCNC(=O)C(CC(N)=O)NC(=O)[C@@H](CC(=O)O)NC(=O)C(Cc3cnc[nH]3)NC(=O)C(Cc3ccccc3)NC(=O)[C@H]([C@@H](C)CC)NC(=O)C(CCCN)NC2=O)[C@@H](C)CC)cs1. The summed E-state index contributed by atoms with van der Waals surface area (Å²) in [7, 11) is 0. The number of carboxylic acids is 2. The molecule has 0 saturated carbocycles. The molecule has 2 aromatic heterocycles. The lowest BCUT2D eigenvalue weighted by atomic mass is 9.96. The predicted octanol–water partition coefficient (Wildman–Crippen LogP) is -0.566. The van der Waals surface area contributed by atoms with Crippen LogP contribution in [-0.2, 0) is 75.2 Å². The third-order valence-electron chi connectivity index (χ3n) is 17.0. The van der Waals surface area contributed by atoms with E-state index in [2.05, 4.69) is 73.4 Å². The Balaban J connectivity index is 1.78. The predicted molar refractivity (Wildman–Crippen MR) is 363 cm³/mol. The van der Waals surface area contributed by atoms with Crippen LogP contribution in [0.5, 0.6) is 0 Å². The smallest absolute Gasteiger partial charge is 0.305 e. The number of imidazole rings is 1. The highest BCUT2D eigenvalue weighted by Crippen LogP contribution is 2.19. The molecule has 100 heavy (non-hydrogen) atoms. The van der Waals surface area contributed by atoms with Crippen molar-refractivity contribution in [3.05, 3.63) is 70.2 Å². The monoisotopic (exact) mass is 1420 g/mol. The van der Waals surface area contributed by atoms with Crippen molar-refractivity contribution in [3.63, 3.8) is 0 Å². The standard InChI is InChI=1S/C66H98N16O17S/c1-9-35(6)52(82-58(92)42(22-23-50(84)85)73-59(93)43(26-34(4)5)75-63(97)48-32-100-66(80-48)54(88)37(8)11-3)64(98)74-40-20-15-16-25-70-55(89)46(29-49(68)83)77-62(96)47(30-51(86)87)78-61(95)45(28-39-31-69-33-71-39)76-60(94)44(27-38-18-13-12-14-19-38)79-65(99)53(36(7)10-2)81-57(91)41(21-17-24-67)72-56(40)90/h12-14,18-19,31-37,40-47,52-53H,9-11,15-17,20-30,67H2,1-8H3,(H2,68,83)(H,69,71)(H,70,89)(H,72,90)(H,73,93)(H,74,98)(H,75,97)(H,76,94)(H,77,96)(H,78,95)(H,79,99)(H,81,91)(H,82,92)(H,84,85)(H,86,87)/t35-,36-,37-,40?,41?,42+,43-,44?,45?,46?,47+,52-,53-/m0/s1. The number of nitrogens with one attached hydrogen (secondary N) is 12. The Labute approximate surface area is 583 Å². The van der Waals surface area contributed by atoms with Crippen LogP contribution < -0.4 is 70.0 Å². The van der Waals surface area contributed by atoms with Crippen LogP contribution in [-0.4, -0.2) is 187 Å². The number of carbonyl (C=O) groups is 15. The van der Waals surface area contributed by atoms with Gasteiger partial charge in [-0.1, -0.05) is 98.6 Å². The molecular weight excluding hydrogens is 1320 g/mol. The molecule has 3 heterocycles. The Morgan fingerprint density at radius 3 is 1.86 bits per heavy atom. The lowest BCUT2D eigenvalue weighted by Gasteiger charge is -2.30. The maximum absolute atomic E-state index is 14.9. The van der Waals surface area contributed by atoms with Crippen molar-refractivity contribution in [2.45, 2.75) is 212 Å². The summed E-state index contributed by atoms with van der Waals surface area (Å²) in [5.74, 6) is -16.9. The molecule has 1 aliphatic heterocycles. The van der Waals surface area contributed by atoms with Gasteiger partial charge >= 0.3 is 11.9 Å². The third-order valence-corrected chi connectivity index (χ3v) is 17.8. The molecule has 1 fully saturated rings. The van der Waals surface area contributed by atoms with Crippen LogP contribution in [0.4, 0.5) is 0 Å². The summed E-state index contributed by atoms with van der Waals surface area (Å²) in [5.41, 5.74) is 12.1. The molecule has 1 aromatic carbocycles. The van der Waals surface area contributed by atoms with E-state index < -0.39 is 181 Å². The first-order valence-corrected chi connectivity index (χ1v) is 34.5. The largest absolute Gasteiger partial charge is 0.481 e. The lowest BCUT2D eigenvalue weighted by Crippen LogP contribution is -2.62. The number of carboxylic acid groups (broad SMARTS) is 2. The zero-order chi connectivity index (χ0) is 74.3. The van der Waals surface area contributed by atoms with Crippen molar-refractivity contribution >= 4 is 99.9 Å². The molecule has 5 unspecified atom stereocenters. The number of benzene rings is 1. The number of aliphatic carboxylic acids is 2. The first kappa shape index (κ1) is 82.7. The van der Waals surface area contributed by atoms with Crippen LogP contribution in [0.3, 0.4) is 0 Å². The lowest BCUT2D eigenvalue weighted by molar-refractivity contribution is -0.142. The van der Waals surface area contributed by atoms with Gasteiger partial charge in [0.05, 0.1) is 19.2 Å². The van der Waals surface area contributed by atoms with Gasteiger partial charge in [-0.25, -0.2) is 9.97 Å². The molecule has 1 saturated heterocycles. The van der Waals surface area contributed by atoms with E-state index in [1.807, 2.05) is 6.92 Å². The first-order chi connectivity index (χ1) is 47.4. The first-order valence-electron chi connectivity index (χ1n) is 33.6. The molecule has 0 radical (unpaired) electrons. The minimum Gasteiger partial charge on any atom is -0.481 e. The molecule has 4 rings (SSSR count). The summed E-state index contributed by atoms with van der Waals surface area (Å²) in [6, 6.07) is -7.32. The zero-order valence-electron chi connectivity index (χ0n) is 57.7. The van der Waals surface area contributed by atoms with E-state index in [4.69, 9.17) is 11.5 Å². The maximum atomic E-state index is 14.9. The molecule has 0 bridgehead atoms. The number of aromatic amines is 1. The summed E-state index contributed by atoms with van der Waals surface area (Å²) in [5, 5.41) is 49.6. The number of carbonyl (C=O) groups excluding carboxylic acids is 13. The minimum absolute atomic E-state index is 0.00921. The molecule has 18 N–H and O–H groups in total. The number of H-pyrrole nitrogens is 1. The summed E-state index contributed by atoms with van der Waals surface area (Å²) in [4.78, 5) is 219. The van der Waals surface area contributed by atoms with Crippen molar-refractivity contribution < 1.29 is 82.1 Å². The molecular formula is C66H98N16O17S. The molecule has 0 aliphatic carbocycles. The summed E-state index contributed by atoms with van der Waals surface area (Å²) in [6.07, 6.45) is -0.129. The van der Waals surface area contributed by atoms with Crippen molar-refractivity contribution in [2.75, 3.05) is 13.1 Å². The van der Waals surface area contributed by atoms with Gasteiger partial charge < -0.3 is 85.1 Å². The number of nitrogens with zero attached hydrogens (tertiary/aromatic N) is 2. The van der Waals surface area contributed by atoms with E-state index in [9.17, 15) is 82.1 Å². The highest BCUT2D eigenvalue weighted by Gasteiger charge is 2.39. The van der Waals surface area contributed by atoms with Gasteiger partial charge in [-0.15, -0.1) is 11.3 Å². The zero-order valence-corrected chi connectivity index (χ0v) is 58.5. The number of thiazole rings is 1. The Morgan fingerprint density at radius 2 is 1.27 bits per heavy atom. The van der Waals surface area contributed by atoms with Gasteiger partial charge in [-0.05, 0) is 81.2 Å². The van der Waals surface area contributed by atoms with Gasteiger partial charge in [0.1, 0.15) is 66.1 Å². The van der Waals surface area contributed by atoms with Gasteiger partial charge in [-0.3, -0.25) is 71.9 Å². The number of nitrogens with two attached hydrogens (primary N) is 2. The Kier molecular flexibility index (Phi) is 34.4. The Morgan fingerprint density at radius 1 is 0.660 bits per heavy atom. The van der Waals surface area contributed by atoms with E-state index in [-0.39, 0.29) is 111 Å². The maximum Gasteiger partial charge on any atom is 0.305 e.